The summed E-state index contributed by atoms with van der Waals surface area (Å²) in [7, 11) is 0. The molecule has 2 fully saturated rings. The van der Waals surface area contributed by atoms with Gasteiger partial charge < -0.3 is 4.74 Å². The summed E-state index contributed by atoms with van der Waals surface area (Å²) in [6, 6.07) is 3.21. The van der Waals surface area contributed by atoms with Crippen LogP contribution in [0.1, 0.15) is 89.0 Å². The Morgan fingerprint density at radius 1 is 0.794 bits per heavy atom. The van der Waals surface area contributed by atoms with Crippen LogP contribution in [0.15, 0.2) is 43.5 Å². The highest BCUT2D eigenvalue weighted by molar-refractivity contribution is 5.67. The third-order valence-electron chi connectivity index (χ3n) is 9.02. The van der Waals surface area contributed by atoms with Gasteiger partial charge in [0.15, 0.2) is 11.6 Å². The molecule has 0 radical (unpaired) electrons. The smallest absolute Gasteiger partial charge is 0.201 e. The van der Waals surface area contributed by atoms with Gasteiger partial charge in [-0.2, -0.15) is 4.39 Å². The van der Waals surface area contributed by atoms with Crippen LogP contribution in [0.5, 0.6) is 5.75 Å². The van der Waals surface area contributed by atoms with Gasteiger partial charge in [0.1, 0.15) is 6.61 Å². The number of allylic oxidation sites excluding steroid dienone is 3. The van der Waals surface area contributed by atoms with Crippen LogP contribution in [0.2, 0.25) is 0 Å². The monoisotopic (exact) mass is 468 g/mol. The number of rotatable bonds is 9. The van der Waals surface area contributed by atoms with Crippen molar-refractivity contribution in [3.05, 3.63) is 60.7 Å². The van der Waals surface area contributed by atoms with Crippen molar-refractivity contribution in [2.24, 2.45) is 29.6 Å². The molecule has 1 unspecified atom stereocenters. The zero-order valence-electron chi connectivity index (χ0n) is 20.8. The average molecular weight is 469 g/mol. The number of halogens is 2. The molecular formula is C31H42F2O. The van der Waals surface area contributed by atoms with Gasteiger partial charge in [-0.15, -0.1) is 6.58 Å². The molecule has 186 valence electrons. The first-order valence-corrected chi connectivity index (χ1v) is 13.6. The van der Waals surface area contributed by atoms with E-state index in [0.717, 1.165) is 48.5 Å². The lowest BCUT2D eigenvalue weighted by atomic mass is 9.65. The molecule has 0 aromatic heterocycles. The minimum absolute atomic E-state index is 0.0440. The summed E-state index contributed by atoms with van der Waals surface area (Å²) < 4.78 is 34.3. The summed E-state index contributed by atoms with van der Waals surface area (Å²) in [5.41, 5.74) is 1.35. The van der Waals surface area contributed by atoms with Crippen LogP contribution < -0.4 is 4.74 Å². The van der Waals surface area contributed by atoms with Crippen LogP contribution in [0.4, 0.5) is 8.78 Å². The van der Waals surface area contributed by atoms with Gasteiger partial charge >= 0.3 is 0 Å². The molecule has 1 atom stereocenters. The third kappa shape index (κ3) is 6.01. The number of benzene rings is 1. The number of hydrogen-bond acceptors (Lipinski definition) is 1. The summed E-state index contributed by atoms with van der Waals surface area (Å²) in [4.78, 5) is 0. The van der Waals surface area contributed by atoms with E-state index in [1.165, 1.54) is 70.3 Å². The van der Waals surface area contributed by atoms with Crippen LogP contribution in [-0.2, 0) is 0 Å². The van der Waals surface area contributed by atoms with Gasteiger partial charge in [0.25, 0.3) is 0 Å². The van der Waals surface area contributed by atoms with Crippen molar-refractivity contribution in [1.82, 2.24) is 0 Å². The largest absolute Gasteiger partial charge is 0.486 e. The molecule has 0 heterocycles. The first kappa shape index (κ1) is 25.2. The van der Waals surface area contributed by atoms with Crippen molar-refractivity contribution < 1.29 is 13.5 Å². The molecule has 1 aromatic rings. The molecule has 3 heteroatoms. The molecule has 0 saturated heterocycles. The Bertz CT molecular complexity index is 856. The lowest BCUT2D eigenvalue weighted by Crippen LogP contribution is -2.28. The zero-order valence-corrected chi connectivity index (χ0v) is 20.8. The fraction of sp³-hybridized carbons (Fsp3) is 0.613. The van der Waals surface area contributed by atoms with E-state index in [9.17, 15) is 8.78 Å². The maximum atomic E-state index is 14.7. The van der Waals surface area contributed by atoms with E-state index in [0.29, 0.717) is 11.5 Å². The van der Waals surface area contributed by atoms with E-state index in [2.05, 4.69) is 25.3 Å². The molecule has 0 bridgehead atoms. The molecule has 0 spiro atoms. The summed E-state index contributed by atoms with van der Waals surface area (Å²) >= 11 is 0. The quantitative estimate of drug-likeness (QED) is 0.328. The van der Waals surface area contributed by atoms with Crippen LogP contribution in [-0.4, -0.2) is 6.61 Å². The summed E-state index contributed by atoms with van der Waals surface area (Å²) in [6.07, 6.45) is 22.4. The number of hydrogen-bond donors (Lipinski definition) is 0. The van der Waals surface area contributed by atoms with Crippen molar-refractivity contribution >= 4 is 5.57 Å². The highest BCUT2D eigenvalue weighted by Crippen LogP contribution is 2.46. The van der Waals surface area contributed by atoms with Crippen LogP contribution in [0.3, 0.4) is 0 Å². The molecule has 3 aliphatic rings. The van der Waals surface area contributed by atoms with E-state index in [-0.39, 0.29) is 12.4 Å². The van der Waals surface area contributed by atoms with Crippen LogP contribution in [0.25, 0.3) is 5.57 Å². The number of ether oxygens (including phenoxy) is 1. The van der Waals surface area contributed by atoms with Gasteiger partial charge in [0.05, 0.1) is 0 Å². The van der Waals surface area contributed by atoms with Gasteiger partial charge in [0.2, 0.25) is 5.82 Å². The molecule has 4 rings (SSSR count). The Morgan fingerprint density at radius 3 is 2.03 bits per heavy atom. The van der Waals surface area contributed by atoms with E-state index in [1.807, 2.05) is 0 Å². The Kier molecular flexibility index (Phi) is 9.03. The summed E-state index contributed by atoms with van der Waals surface area (Å²) in [6.45, 7) is 7.59. The molecule has 1 aromatic carbocycles. The first-order chi connectivity index (χ1) is 16.6. The fourth-order valence-electron chi connectivity index (χ4n) is 6.96. The highest BCUT2D eigenvalue weighted by Gasteiger charge is 2.34. The summed E-state index contributed by atoms with van der Waals surface area (Å²) in [5, 5.41) is 0. The van der Waals surface area contributed by atoms with E-state index in [4.69, 9.17) is 4.74 Å². The predicted molar refractivity (Wildman–Crippen MR) is 138 cm³/mol. The molecule has 0 amide bonds. The second-order valence-electron chi connectivity index (χ2n) is 10.9. The van der Waals surface area contributed by atoms with Gasteiger partial charge in [-0.25, -0.2) is 4.39 Å². The molecule has 3 aliphatic carbocycles. The van der Waals surface area contributed by atoms with Crippen LogP contribution in [0, 0.1) is 41.2 Å². The molecule has 0 aliphatic heterocycles. The molecular weight excluding hydrogens is 426 g/mol. The topological polar surface area (TPSA) is 9.23 Å². The zero-order chi connectivity index (χ0) is 23.9. The fourth-order valence-corrected chi connectivity index (χ4v) is 6.96. The van der Waals surface area contributed by atoms with Crippen LogP contribution >= 0.6 is 0 Å². The minimum Gasteiger partial charge on any atom is -0.486 e. The maximum absolute atomic E-state index is 14.7. The standard InChI is InChI=1S/C31H42F2O/c1-3-5-6-22-7-9-23(10-8-22)24-11-13-25(14-12-24)26-15-17-27(18-16-26)28-19-20-29(34-21-4-2)31(33)30(28)32/h3-4,17,19-20,22-26H,1-2,5-16,18,21H2. The second-order valence-corrected chi connectivity index (χ2v) is 10.9. The van der Waals surface area contributed by atoms with Crippen molar-refractivity contribution in [1.29, 1.82) is 0 Å². The molecule has 1 nitrogen and oxygen atoms in total. The van der Waals surface area contributed by atoms with Crippen molar-refractivity contribution in [3.8, 4) is 5.75 Å². The van der Waals surface area contributed by atoms with Gasteiger partial charge in [0, 0.05) is 5.56 Å². The van der Waals surface area contributed by atoms with E-state index in [1.54, 1.807) is 12.1 Å². The predicted octanol–water partition coefficient (Wildman–Crippen LogP) is 9.29. The van der Waals surface area contributed by atoms with Crippen molar-refractivity contribution in [2.45, 2.75) is 83.5 Å². The molecule has 0 N–H and O–H groups in total. The third-order valence-corrected chi connectivity index (χ3v) is 9.02. The van der Waals surface area contributed by atoms with Crippen molar-refractivity contribution in [2.75, 3.05) is 6.61 Å². The molecule has 34 heavy (non-hydrogen) atoms. The first-order valence-electron chi connectivity index (χ1n) is 13.6. The Hall–Kier alpha value is -1.90. The second kappa shape index (κ2) is 12.2. The lowest BCUT2D eigenvalue weighted by Gasteiger charge is -2.40. The SMILES string of the molecule is C=CCCC1CCC(C2CCC(C3CC=C(c4ccc(OCC=C)c(F)c4F)CC3)CC2)CC1. The Morgan fingerprint density at radius 2 is 1.44 bits per heavy atom. The van der Waals surface area contributed by atoms with E-state index >= 15 is 0 Å². The minimum atomic E-state index is -0.893. The molecule has 2 saturated carbocycles. The van der Waals surface area contributed by atoms with Gasteiger partial charge in [-0.3, -0.25) is 0 Å². The van der Waals surface area contributed by atoms with E-state index < -0.39 is 11.6 Å². The maximum Gasteiger partial charge on any atom is 0.201 e. The Labute approximate surface area is 205 Å². The summed E-state index contributed by atoms with van der Waals surface area (Å²) in [5.74, 6) is 2.60. The van der Waals surface area contributed by atoms with Gasteiger partial charge in [-0.1, -0.05) is 37.6 Å². The van der Waals surface area contributed by atoms with Gasteiger partial charge in [-0.05, 0) is 118 Å². The van der Waals surface area contributed by atoms with Crippen molar-refractivity contribution in [3.63, 3.8) is 0 Å². The average Bonchev–Trinajstić information content (AvgIpc) is 2.89. The normalized spacial score (nSPS) is 29.8. The highest BCUT2D eigenvalue weighted by atomic mass is 19.2. The lowest BCUT2D eigenvalue weighted by molar-refractivity contribution is 0.121. The Balaban J connectivity index is 1.26.